The number of hydrogen-bond acceptors (Lipinski definition) is 5. The highest BCUT2D eigenvalue weighted by molar-refractivity contribution is 4.94. The second-order valence-corrected chi connectivity index (χ2v) is 5.75. The molecular formula is C14H29NO4. The van der Waals surface area contributed by atoms with Crippen LogP contribution in [0.25, 0.3) is 0 Å². The topological polar surface area (TPSA) is 71.0 Å². The minimum atomic E-state index is -0.482. The van der Waals surface area contributed by atoms with Gasteiger partial charge in [0.15, 0.2) is 0 Å². The van der Waals surface area contributed by atoms with Crippen LogP contribution in [0.2, 0.25) is 0 Å². The third-order valence-corrected chi connectivity index (χ3v) is 3.47. The minimum Gasteiger partial charge on any atom is -0.396 e. The molecule has 1 aliphatic carbocycles. The summed E-state index contributed by atoms with van der Waals surface area (Å²) in [4.78, 5) is 0. The molecule has 19 heavy (non-hydrogen) atoms. The van der Waals surface area contributed by atoms with Crippen molar-refractivity contribution in [1.82, 2.24) is 5.32 Å². The maximum Gasteiger partial charge on any atom is 0.0897 e. The van der Waals surface area contributed by atoms with Crippen molar-refractivity contribution < 1.29 is 19.7 Å². The van der Waals surface area contributed by atoms with Gasteiger partial charge >= 0.3 is 0 Å². The van der Waals surface area contributed by atoms with Crippen LogP contribution in [0, 0.1) is 5.41 Å². The first-order valence-electron chi connectivity index (χ1n) is 7.27. The van der Waals surface area contributed by atoms with Crippen molar-refractivity contribution in [3.63, 3.8) is 0 Å². The van der Waals surface area contributed by atoms with Crippen molar-refractivity contribution in [2.75, 3.05) is 39.5 Å². The zero-order valence-electron chi connectivity index (χ0n) is 12.2. The molecule has 1 rings (SSSR count). The van der Waals surface area contributed by atoms with Crippen LogP contribution in [0.3, 0.4) is 0 Å². The van der Waals surface area contributed by atoms with Gasteiger partial charge in [-0.25, -0.2) is 0 Å². The second-order valence-electron chi connectivity index (χ2n) is 5.75. The van der Waals surface area contributed by atoms with E-state index in [4.69, 9.17) is 14.6 Å². The van der Waals surface area contributed by atoms with Gasteiger partial charge in [-0.3, -0.25) is 0 Å². The van der Waals surface area contributed by atoms with E-state index in [0.717, 1.165) is 13.0 Å². The number of ether oxygens (including phenoxy) is 2. The van der Waals surface area contributed by atoms with Crippen molar-refractivity contribution in [3.8, 4) is 0 Å². The van der Waals surface area contributed by atoms with Gasteiger partial charge in [0.1, 0.15) is 0 Å². The van der Waals surface area contributed by atoms with Gasteiger partial charge in [-0.05, 0) is 38.5 Å². The molecule has 0 saturated heterocycles. The molecule has 0 aliphatic heterocycles. The summed E-state index contributed by atoms with van der Waals surface area (Å²) in [6.07, 6.45) is 2.96. The van der Waals surface area contributed by atoms with Crippen molar-refractivity contribution in [2.45, 2.75) is 45.3 Å². The van der Waals surface area contributed by atoms with E-state index in [2.05, 4.69) is 5.32 Å². The maximum atomic E-state index is 9.73. The average Bonchev–Trinajstić information content (AvgIpc) is 3.09. The molecule has 1 aliphatic rings. The van der Waals surface area contributed by atoms with E-state index in [1.807, 2.05) is 13.8 Å². The summed E-state index contributed by atoms with van der Waals surface area (Å²) in [5.41, 5.74) is 0.292. The highest BCUT2D eigenvalue weighted by Crippen LogP contribution is 2.47. The Morgan fingerprint density at radius 2 is 2.00 bits per heavy atom. The summed E-state index contributed by atoms with van der Waals surface area (Å²) in [5.74, 6) is 0. The zero-order chi connectivity index (χ0) is 14.1. The van der Waals surface area contributed by atoms with Crippen LogP contribution in [0.1, 0.15) is 33.1 Å². The Balaban J connectivity index is 1.92. The summed E-state index contributed by atoms with van der Waals surface area (Å²) in [7, 11) is 0. The van der Waals surface area contributed by atoms with Gasteiger partial charge in [-0.15, -0.1) is 0 Å². The Bertz CT molecular complexity index is 231. The Kier molecular flexibility index (Phi) is 7.87. The Labute approximate surface area is 116 Å². The van der Waals surface area contributed by atoms with E-state index in [-0.39, 0.29) is 12.7 Å². The molecule has 114 valence electrons. The molecule has 0 radical (unpaired) electrons. The molecule has 5 nitrogen and oxygen atoms in total. The van der Waals surface area contributed by atoms with Gasteiger partial charge in [-0.1, -0.05) is 0 Å². The fraction of sp³-hybridized carbons (Fsp3) is 1.00. The van der Waals surface area contributed by atoms with E-state index in [1.165, 1.54) is 12.8 Å². The number of aliphatic hydroxyl groups excluding tert-OH is 2. The lowest BCUT2D eigenvalue weighted by Gasteiger charge is -2.17. The number of rotatable bonds is 12. The molecule has 1 saturated carbocycles. The van der Waals surface area contributed by atoms with Crippen LogP contribution in [0.15, 0.2) is 0 Å². The largest absolute Gasteiger partial charge is 0.396 e. The normalized spacial score (nSPS) is 18.8. The first-order chi connectivity index (χ1) is 9.08. The van der Waals surface area contributed by atoms with Crippen LogP contribution in [0.5, 0.6) is 0 Å². The van der Waals surface area contributed by atoms with Gasteiger partial charge in [0.05, 0.1) is 32.0 Å². The lowest BCUT2D eigenvalue weighted by Crippen LogP contribution is -2.34. The van der Waals surface area contributed by atoms with Crippen LogP contribution in [0.4, 0.5) is 0 Å². The van der Waals surface area contributed by atoms with Crippen LogP contribution >= 0.6 is 0 Å². The first kappa shape index (κ1) is 16.9. The Morgan fingerprint density at radius 3 is 2.58 bits per heavy atom. The molecule has 0 heterocycles. The molecule has 3 N–H and O–H groups in total. The fourth-order valence-electron chi connectivity index (χ4n) is 2.05. The van der Waals surface area contributed by atoms with Crippen LogP contribution in [-0.4, -0.2) is 61.9 Å². The third-order valence-electron chi connectivity index (χ3n) is 3.47. The Hall–Kier alpha value is -0.200. The van der Waals surface area contributed by atoms with E-state index in [9.17, 15) is 5.11 Å². The molecule has 0 aromatic rings. The molecule has 0 aromatic heterocycles. The van der Waals surface area contributed by atoms with E-state index in [0.29, 0.717) is 31.8 Å². The standard InChI is InChI=1S/C14H29NO4/c1-12(2)19-8-7-18-10-13(17)9-15-11-14(3-4-14)5-6-16/h12-13,15-17H,3-11H2,1-2H3. The zero-order valence-corrected chi connectivity index (χ0v) is 12.2. The highest BCUT2D eigenvalue weighted by atomic mass is 16.5. The van der Waals surface area contributed by atoms with Gasteiger partial charge in [0.2, 0.25) is 0 Å². The molecule has 1 fully saturated rings. The first-order valence-corrected chi connectivity index (χ1v) is 7.27. The molecule has 5 heteroatoms. The molecule has 0 spiro atoms. The Morgan fingerprint density at radius 1 is 1.26 bits per heavy atom. The monoisotopic (exact) mass is 275 g/mol. The molecule has 1 unspecified atom stereocenters. The van der Waals surface area contributed by atoms with E-state index < -0.39 is 6.10 Å². The lowest BCUT2D eigenvalue weighted by atomic mass is 10.0. The van der Waals surface area contributed by atoms with E-state index >= 15 is 0 Å². The van der Waals surface area contributed by atoms with Crippen LogP contribution < -0.4 is 5.32 Å². The van der Waals surface area contributed by atoms with Crippen molar-refractivity contribution in [2.24, 2.45) is 5.41 Å². The van der Waals surface area contributed by atoms with Gasteiger partial charge in [0, 0.05) is 19.7 Å². The van der Waals surface area contributed by atoms with E-state index in [1.54, 1.807) is 0 Å². The van der Waals surface area contributed by atoms with Crippen molar-refractivity contribution in [1.29, 1.82) is 0 Å². The molecule has 1 atom stereocenters. The van der Waals surface area contributed by atoms with Crippen molar-refractivity contribution in [3.05, 3.63) is 0 Å². The number of nitrogens with one attached hydrogen (secondary N) is 1. The number of hydrogen-bond donors (Lipinski definition) is 3. The minimum absolute atomic E-state index is 0.219. The quantitative estimate of drug-likeness (QED) is 0.454. The highest BCUT2D eigenvalue weighted by Gasteiger charge is 2.41. The molecule has 0 aromatic carbocycles. The SMILES string of the molecule is CC(C)OCCOCC(O)CNCC1(CCO)CC1. The fourth-order valence-corrected chi connectivity index (χ4v) is 2.05. The smallest absolute Gasteiger partial charge is 0.0897 e. The lowest BCUT2D eigenvalue weighted by molar-refractivity contribution is -0.0102. The van der Waals surface area contributed by atoms with Gasteiger partial charge < -0.3 is 25.0 Å². The average molecular weight is 275 g/mol. The summed E-state index contributed by atoms with van der Waals surface area (Å²) in [5, 5.41) is 21.9. The molecule has 0 bridgehead atoms. The maximum absolute atomic E-state index is 9.73. The summed E-state index contributed by atoms with van der Waals surface area (Å²) < 4.78 is 10.7. The number of aliphatic hydroxyl groups is 2. The molecular weight excluding hydrogens is 246 g/mol. The van der Waals surface area contributed by atoms with Crippen LogP contribution in [-0.2, 0) is 9.47 Å². The summed E-state index contributed by atoms with van der Waals surface area (Å²) >= 11 is 0. The summed E-state index contributed by atoms with van der Waals surface area (Å²) in [6, 6.07) is 0. The van der Waals surface area contributed by atoms with Crippen molar-refractivity contribution >= 4 is 0 Å². The predicted molar refractivity (Wildman–Crippen MR) is 74.2 cm³/mol. The second kappa shape index (κ2) is 8.87. The predicted octanol–water partition coefficient (Wildman–Crippen LogP) is 0.541. The summed E-state index contributed by atoms with van der Waals surface area (Å²) in [6.45, 7) is 7.06. The molecule has 0 amide bonds. The van der Waals surface area contributed by atoms with Gasteiger partial charge in [0.25, 0.3) is 0 Å². The third kappa shape index (κ3) is 7.84. The van der Waals surface area contributed by atoms with Gasteiger partial charge in [-0.2, -0.15) is 0 Å².